The van der Waals surface area contributed by atoms with Gasteiger partial charge in [-0.25, -0.2) is 0 Å². The van der Waals surface area contributed by atoms with Crippen LogP contribution in [0.1, 0.15) is 0 Å². The fourth-order valence-corrected chi connectivity index (χ4v) is 6.69. The Hall–Kier alpha value is -3.32. The molecule has 8 rings (SSSR count). The first-order valence-corrected chi connectivity index (χ1v) is 20.4. The zero-order valence-electron chi connectivity index (χ0n) is 23.8. The number of nitrogens with two attached hydrogens (primary N) is 4. The summed E-state index contributed by atoms with van der Waals surface area (Å²) < 4.78 is 4.49. The second kappa shape index (κ2) is 19.5. The molecule has 8 aromatic rings. The molecule has 0 bridgehead atoms. The quantitative estimate of drug-likeness (QED) is 0.0759. The summed E-state index contributed by atoms with van der Waals surface area (Å²) in [5.41, 5.74) is 17.9. The Morgan fingerprint density at radius 2 is 0.596 bits per heavy atom. The second-order valence-electron chi connectivity index (χ2n) is 8.42. The van der Waals surface area contributed by atoms with Gasteiger partial charge in [0.15, 0.2) is 0 Å². The summed E-state index contributed by atoms with van der Waals surface area (Å²) in [5.74, 6) is 20.3. The Balaban J connectivity index is 0.000000138. The fraction of sp³-hybridized carbons (Fsp3) is 0. The molecule has 12 nitrogen and oxygen atoms in total. The summed E-state index contributed by atoms with van der Waals surface area (Å²) in [6.45, 7) is 0. The molecule has 4 aromatic carbocycles. The normalized spacial score (nSPS) is 10.1. The minimum atomic E-state index is -0.226. The van der Waals surface area contributed by atoms with E-state index in [1.807, 2.05) is 97.1 Å². The van der Waals surface area contributed by atoms with E-state index < -0.39 is 0 Å². The average molecular weight is 831 g/mol. The first kappa shape index (κ1) is 36.5. The standard InChI is InChI=1S/4C7H6N3S.2ClH.Rh/c4*8-10-7-9-5-3-1-2-4-6(5)11-7;;;/h4*1-4H,8H2;2*1H;/q4*-1;;;+2/p-2. The molecule has 4 aromatic heterocycles. The fourth-order valence-electron chi connectivity index (χ4n) is 3.66. The van der Waals surface area contributed by atoms with Gasteiger partial charge in [0, 0.05) is 39.3 Å². The molecule has 0 aliphatic rings. The van der Waals surface area contributed by atoms with Crippen molar-refractivity contribution in [1.29, 1.82) is 0 Å². The van der Waals surface area contributed by atoms with Crippen LogP contribution in [0.2, 0.25) is 0 Å². The molecule has 0 fully saturated rings. The van der Waals surface area contributed by atoms with Crippen molar-refractivity contribution in [3.63, 3.8) is 0 Å². The number of aromatic nitrogens is 4. The van der Waals surface area contributed by atoms with Crippen LogP contribution >= 0.6 is 64.7 Å². The molecule has 0 aliphatic carbocycles. The molecule has 4 heterocycles. The SMILES string of the molecule is N[N-]c1nc2ccccc2s1.N[N-]c1nc2ccccc2s1.N[N-]c1nc2ccccc2s1.N[N-]c1nc2ccccc2s1.[Cl][Rh][Cl]. The first-order valence-electron chi connectivity index (χ1n) is 12.9. The van der Waals surface area contributed by atoms with Crippen LogP contribution in [0.25, 0.3) is 62.6 Å². The van der Waals surface area contributed by atoms with Crippen LogP contribution in [0, 0.1) is 0 Å². The van der Waals surface area contributed by atoms with Crippen LogP contribution in [0.15, 0.2) is 97.1 Å². The summed E-state index contributed by atoms with van der Waals surface area (Å²) in [5, 5.41) is 2.52. The number of fused-ring (bicyclic) bond motifs is 4. The molecule has 0 saturated heterocycles. The van der Waals surface area contributed by atoms with Crippen LogP contribution in [0.3, 0.4) is 0 Å². The monoisotopic (exact) mass is 829 g/mol. The van der Waals surface area contributed by atoms with Gasteiger partial charge in [0.05, 0.1) is 0 Å². The molecule has 0 spiro atoms. The zero-order chi connectivity index (χ0) is 33.4. The van der Waals surface area contributed by atoms with Gasteiger partial charge in [-0.2, -0.15) is 0 Å². The van der Waals surface area contributed by atoms with E-state index in [4.69, 9.17) is 42.8 Å². The van der Waals surface area contributed by atoms with E-state index in [1.165, 1.54) is 45.3 Å². The van der Waals surface area contributed by atoms with Crippen molar-refractivity contribution in [1.82, 2.24) is 19.9 Å². The first-order chi connectivity index (χ1) is 23.0. The van der Waals surface area contributed by atoms with Crippen LogP contribution in [-0.2, 0) is 15.1 Å². The Kier molecular flexibility index (Phi) is 15.1. The second-order valence-corrected chi connectivity index (χ2v) is 14.9. The number of para-hydroxylation sites is 4. The Morgan fingerprint density at radius 3 is 0.766 bits per heavy atom. The third kappa shape index (κ3) is 10.9. The number of hydrogen-bond donors (Lipinski definition) is 4. The minimum absolute atomic E-state index is 0.226. The van der Waals surface area contributed by atoms with Gasteiger partial charge in [0.1, 0.15) is 0 Å². The summed E-state index contributed by atoms with van der Waals surface area (Å²) in [7, 11) is 9.67. The van der Waals surface area contributed by atoms with Gasteiger partial charge in [-0.05, 0) is 46.3 Å². The molecule has 0 atom stereocenters. The zero-order valence-corrected chi connectivity index (χ0v) is 30.3. The van der Waals surface area contributed by atoms with Gasteiger partial charge in [-0.15, -0.1) is 45.3 Å². The number of nitrogens with zero attached hydrogens (tertiary/aromatic N) is 8. The Labute approximate surface area is 301 Å². The Bertz CT molecular complexity index is 1670. The van der Waals surface area contributed by atoms with Crippen molar-refractivity contribution in [3.8, 4) is 0 Å². The molecule has 0 aliphatic heterocycles. The number of benzene rings is 4. The van der Waals surface area contributed by atoms with E-state index in [9.17, 15) is 0 Å². The van der Waals surface area contributed by atoms with E-state index in [1.54, 1.807) is 0 Å². The van der Waals surface area contributed by atoms with Gasteiger partial charge in [0.2, 0.25) is 0 Å². The third-order valence-electron chi connectivity index (χ3n) is 5.57. The molecule has 0 amide bonds. The summed E-state index contributed by atoms with van der Waals surface area (Å²) >= 11 is 5.75. The summed E-state index contributed by atoms with van der Waals surface area (Å²) in [4.78, 5) is 16.6. The Morgan fingerprint density at radius 1 is 0.404 bits per heavy atom. The van der Waals surface area contributed by atoms with E-state index >= 15 is 0 Å². The molecule has 19 heteroatoms. The van der Waals surface area contributed by atoms with Crippen LogP contribution in [-0.4, -0.2) is 19.9 Å². The van der Waals surface area contributed by atoms with Gasteiger partial charge < -0.3 is 65.0 Å². The molecule has 0 saturated carbocycles. The average Bonchev–Trinajstić information content (AvgIpc) is 3.92. The van der Waals surface area contributed by atoms with Crippen LogP contribution in [0.4, 0.5) is 20.5 Å². The van der Waals surface area contributed by atoms with E-state index in [0.29, 0.717) is 20.5 Å². The molecular formula is C28H24Cl2N12RhS4-4. The molecule has 47 heavy (non-hydrogen) atoms. The summed E-state index contributed by atoms with van der Waals surface area (Å²) in [6, 6.07) is 31.5. The maximum atomic E-state index is 5.09. The van der Waals surface area contributed by atoms with Crippen molar-refractivity contribution in [2.45, 2.75) is 0 Å². The van der Waals surface area contributed by atoms with Gasteiger partial charge >= 0.3 is 34.5 Å². The number of halogens is 2. The number of hydrogen-bond acceptors (Lipinski definition) is 12. The topological polar surface area (TPSA) is 212 Å². The van der Waals surface area contributed by atoms with Crippen LogP contribution in [0.5, 0.6) is 0 Å². The van der Waals surface area contributed by atoms with Crippen molar-refractivity contribution in [2.24, 2.45) is 23.4 Å². The number of rotatable bonds is 4. The van der Waals surface area contributed by atoms with Gasteiger partial charge in [0.25, 0.3) is 0 Å². The van der Waals surface area contributed by atoms with Crippen molar-refractivity contribution in [3.05, 3.63) is 119 Å². The van der Waals surface area contributed by atoms with Crippen molar-refractivity contribution < 1.29 is 15.1 Å². The van der Waals surface area contributed by atoms with Crippen LogP contribution < -0.4 is 23.4 Å². The van der Waals surface area contributed by atoms with E-state index in [-0.39, 0.29) is 15.1 Å². The molecule has 0 radical (unpaired) electrons. The van der Waals surface area contributed by atoms with E-state index in [2.05, 4.69) is 41.6 Å². The van der Waals surface area contributed by atoms with Crippen molar-refractivity contribution in [2.75, 3.05) is 0 Å². The maximum absolute atomic E-state index is 5.09. The summed E-state index contributed by atoms with van der Waals surface area (Å²) in [6.07, 6.45) is 0. The molecule has 247 valence electrons. The van der Waals surface area contributed by atoms with Crippen molar-refractivity contribution >= 4 is 126 Å². The van der Waals surface area contributed by atoms with Gasteiger partial charge in [-0.3, -0.25) is 0 Å². The molecular weight excluding hydrogens is 806 g/mol. The number of thiazole rings is 4. The third-order valence-corrected chi connectivity index (χ3v) is 9.35. The predicted molar refractivity (Wildman–Crippen MR) is 199 cm³/mol. The van der Waals surface area contributed by atoms with E-state index in [0.717, 1.165) is 40.9 Å². The predicted octanol–water partition coefficient (Wildman–Crippen LogP) is 10.1. The van der Waals surface area contributed by atoms with Gasteiger partial charge in [-0.1, -0.05) is 72.8 Å². The molecule has 0 unspecified atom stereocenters. The molecule has 8 N–H and O–H groups in total.